The summed E-state index contributed by atoms with van der Waals surface area (Å²) in [5, 5.41) is 6.90. The number of para-hydroxylation sites is 1. The average Bonchev–Trinajstić information content (AvgIpc) is 3.42. The number of anilines is 1. The molecule has 5 aromatic rings. The van der Waals surface area contributed by atoms with Gasteiger partial charge in [-0.05, 0) is 74.8 Å². The minimum absolute atomic E-state index is 0.0181. The zero-order valence-electron chi connectivity index (χ0n) is 20.6. The van der Waals surface area contributed by atoms with Crippen LogP contribution >= 0.6 is 35.3 Å². The van der Waals surface area contributed by atoms with Crippen molar-refractivity contribution in [3.8, 4) is 11.4 Å². The smallest absolute Gasteiger partial charge is 0.278 e. The Morgan fingerprint density at radius 2 is 1.84 bits per heavy atom. The van der Waals surface area contributed by atoms with Gasteiger partial charge in [0.15, 0.2) is 20.6 Å². The number of carbonyl (C=O) groups is 1. The highest BCUT2D eigenvalue weighted by molar-refractivity contribution is 7.99. The van der Waals surface area contributed by atoms with Crippen LogP contribution in [0.15, 0.2) is 63.0 Å². The van der Waals surface area contributed by atoms with Crippen molar-refractivity contribution in [1.82, 2.24) is 19.3 Å². The standard InChI is InChI=1S/C26H23N5O3S3/c1-14-9-10-18(11-16(14)3)30-23-22(37-26(30)35)24(33)31(19-8-6-5-7-15(19)2)25(28-23)36-13-21(32)27-20-12-17(4)34-29-20/h5-12H,13H2,1-4H3,(H,27,29,32). The summed E-state index contributed by atoms with van der Waals surface area (Å²) in [6, 6.07) is 15.2. The number of nitrogens with zero attached hydrogens (tertiary/aromatic N) is 4. The van der Waals surface area contributed by atoms with Crippen LogP contribution in [0.5, 0.6) is 0 Å². The fourth-order valence-corrected chi connectivity index (χ4v) is 5.99. The van der Waals surface area contributed by atoms with E-state index in [4.69, 9.17) is 21.7 Å². The highest BCUT2D eigenvalue weighted by Crippen LogP contribution is 2.29. The molecular weight excluding hydrogens is 527 g/mol. The van der Waals surface area contributed by atoms with E-state index in [-0.39, 0.29) is 17.2 Å². The molecule has 0 atom stereocenters. The second-order valence-corrected chi connectivity index (χ2v) is 11.2. The first-order chi connectivity index (χ1) is 17.7. The number of nitrogens with one attached hydrogen (secondary N) is 1. The van der Waals surface area contributed by atoms with Crippen LogP contribution in [0.25, 0.3) is 21.7 Å². The van der Waals surface area contributed by atoms with E-state index in [1.807, 2.05) is 67.8 Å². The Hall–Kier alpha value is -3.54. The fourth-order valence-electron chi connectivity index (χ4n) is 3.89. The monoisotopic (exact) mass is 549 g/mol. The van der Waals surface area contributed by atoms with Gasteiger partial charge in [0, 0.05) is 11.8 Å². The lowest BCUT2D eigenvalue weighted by Crippen LogP contribution is -2.23. The number of carbonyl (C=O) groups excluding carboxylic acids is 1. The van der Waals surface area contributed by atoms with Gasteiger partial charge in [0.2, 0.25) is 5.91 Å². The highest BCUT2D eigenvalue weighted by Gasteiger charge is 2.21. The van der Waals surface area contributed by atoms with Crippen LogP contribution in [0.3, 0.4) is 0 Å². The van der Waals surface area contributed by atoms with Crippen molar-refractivity contribution in [1.29, 1.82) is 0 Å². The van der Waals surface area contributed by atoms with Crippen LogP contribution in [0.4, 0.5) is 5.82 Å². The zero-order valence-corrected chi connectivity index (χ0v) is 23.0. The number of amides is 1. The van der Waals surface area contributed by atoms with Gasteiger partial charge >= 0.3 is 0 Å². The third-order valence-corrected chi connectivity index (χ3v) is 8.20. The maximum Gasteiger partial charge on any atom is 0.278 e. The molecule has 5 rings (SSSR count). The largest absolute Gasteiger partial charge is 0.360 e. The number of thiazole rings is 1. The molecule has 0 saturated heterocycles. The Labute approximate surface area is 226 Å². The third kappa shape index (κ3) is 4.89. The van der Waals surface area contributed by atoms with E-state index in [9.17, 15) is 9.59 Å². The van der Waals surface area contributed by atoms with E-state index in [1.54, 1.807) is 17.6 Å². The van der Waals surface area contributed by atoms with Crippen molar-refractivity contribution >= 4 is 57.4 Å². The summed E-state index contributed by atoms with van der Waals surface area (Å²) in [5.41, 5.74) is 4.98. The van der Waals surface area contributed by atoms with Crippen molar-refractivity contribution in [2.75, 3.05) is 11.1 Å². The van der Waals surface area contributed by atoms with Gasteiger partial charge in [-0.15, -0.1) is 0 Å². The van der Waals surface area contributed by atoms with E-state index in [2.05, 4.69) is 10.5 Å². The number of aromatic nitrogens is 4. The van der Waals surface area contributed by atoms with Gasteiger partial charge in [0.25, 0.3) is 5.56 Å². The molecule has 0 spiro atoms. The van der Waals surface area contributed by atoms with E-state index >= 15 is 0 Å². The molecule has 0 bridgehead atoms. The summed E-state index contributed by atoms with van der Waals surface area (Å²) in [6.07, 6.45) is 0. The fraction of sp³-hybridized carbons (Fsp3) is 0.192. The molecule has 2 aromatic carbocycles. The van der Waals surface area contributed by atoms with E-state index < -0.39 is 0 Å². The number of rotatable bonds is 6. The minimum Gasteiger partial charge on any atom is -0.360 e. The van der Waals surface area contributed by atoms with Gasteiger partial charge in [0.05, 0.1) is 11.4 Å². The Balaban J connectivity index is 1.64. The summed E-state index contributed by atoms with van der Waals surface area (Å²) >= 11 is 8.10. The van der Waals surface area contributed by atoms with Crippen molar-refractivity contribution < 1.29 is 9.32 Å². The zero-order chi connectivity index (χ0) is 26.3. The van der Waals surface area contributed by atoms with Crippen LogP contribution in [-0.2, 0) is 4.79 Å². The number of hydrogen-bond acceptors (Lipinski definition) is 8. The highest BCUT2D eigenvalue weighted by atomic mass is 32.2. The van der Waals surface area contributed by atoms with Crippen molar-refractivity contribution in [2.24, 2.45) is 0 Å². The molecule has 0 aliphatic carbocycles. The van der Waals surface area contributed by atoms with Gasteiger partial charge in [0.1, 0.15) is 10.5 Å². The van der Waals surface area contributed by atoms with E-state index in [1.165, 1.54) is 23.1 Å². The van der Waals surface area contributed by atoms with E-state index in [0.717, 1.165) is 22.4 Å². The summed E-state index contributed by atoms with van der Waals surface area (Å²) < 4.78 is 9.39. The SMILES string of the molecule is Cc1cc(NC(=O)CSc2nc3c(sc(=S)n3-c3ccc(C)c(C)c3)c(=O)n2-c2ccccc2C)no1. The molecule has 0 aliphatic heterocycles. The number of thioether (sulfide) groups is 1. The van der Waals surface area contributed by atoms with Gasteiger partial charge in [-0.1, -0.05) is 52.5 Å². The molecule has 0 fully saturated rings. The van der Waals surface area contributed by atoms with Crippen molar-refractivity contribution in [3.63, 3.8) is 0 Å². The van der Waals surface area contributed by atoms with Crippen molar-refractivity contribution in [2.45, 2.75) is 32.9 Å². The van der Waals surface area contributed by atoms with Crippen molar-refractivity contribution in [3.05, 3.63) is 85.3 Å². The molecule has 8 nitrogen and oxygen atoms in total. The summed E-state index contributed by atoms with van der Waals surface area (Å²) in [4.78, 5) is 31.5. The normalized spacial score (nSPS) is 11.2. The Morgan fingerprint density at radius 3 is 2.54 bits per heavy atom. The lowest BCUT2D eigenvalue weighted by atomic mass is 10.1. The lowest BCUT2D eigenvalue weighted by molar-refractivity contribution is -0.113. The molecule has 0 unspecified atom stereocenters. The Morgan fingerprint density at radius 1 is 1.05 bits per heavy atom. The molecule has 11 heteroatoms. The number of hydrogen-bond donors (Lipinski definition) is 1. The summed E-state index contributed by atoms with van der Waals surface area (Å²) in [5.74, 6) is 0.658. The molecule has 1 N–H and O–H groups in total. The Bertz CT molecular complexity index is 1780. The topological polar surface area (TPSA) is 95.0 Å². The maximum absolute atomic E-state index is 13.9. The number of fused-ring (bicyclic) bond motifs is 1. The van der Waals surface area contributed by atoms with Gasteiger partial charge in [-0.2, -0.15) is 0 Å². The summed E-state index contributed by atoms with van der Waals surface area (Å²) in [7, 11) is 0. The van der Waals surface area contributed by atoms with Crippen LogP contribution in [0.1, 0.15) is 22.5 Å². The summed E-state index contributed by atoms with van der Waals surface area (Å²) in [6.45, 7) is 7.76. The first-order valence-electron chi connectivity index (χ1n) is 11.4. The molecule has 0 aliphatic rings. The molecule has 1 amide bonds. The molecular formula is C26H23N5O3S3. The van der Waals surface area contributed by atoms with Crippen LogP contribution in [0, 0.1) is 31.6 Å². The van der Waals surface area contributed by atoms with Crippen LogP contribution in [0.2, 0.25) is 0 Å². The number of aryl methyl sites for hydroxylation is 4. The van der Waals surface area contributed by atoms with Gasteiger partial charge in [-0.25, -0.2) is 4.98 Å². The third-order valence-electron chi connectivity index (χ3n) is 5.91. The molecule has 0 radical (unpaired) electrons. The minimum atomic E-state index is -0.291. The second kappa shape index (κ2) is 10.1. The number of benzene rings is 2. The quantitative estimate of drug-likeness (QED) is 0.160. The first-order valence-corrected chi connectivity index (χ1v) is 13.6. The van der Waals surface area contributed by atoms with Gasteiger partial charge < -0.3 is 9.84 Å². The lowest BCUT2D eigenvalue weighted by Gasteiger charge is -2.15. The van der Waals surface area contributed by atoms with E-state index in [0.29, 0.717) is 36.7 Å². The van der Waals surface area contributed by atoms with Crippen LogP contribution < -0.4 is 10.9 Å². The molecule has 37 heavy (non-hydrogen) atoms. The predicted molar refractivity (Wildman–Crippen MR) is 150 cm³/mol. The molecule has 3 heterocycles. The van der Waals surface area contributed by atoms with Crippen LogP contribution in [-0.4, -0.2) is 30.9 Å². The average molecular weight is 550 g/mol. The first kappa shape index (κ1) is 25.1. The molecule has 188 valence electrons. The molecule has 3 aromatic heterocycles. The second-order valence-electron chi connectivity index (χ2n) is 8.61. The molecule has 0 saturated carbocycles. The predicted octanol–water partition coefficient (Wildman–Crippen LogP) is 5.92. The van der Waals surface area contributed by atoms with Gasteiger partial charge in [-0.3, -0.25) is 18.7 Å². The maximum atomic E-state index is 13.9. The Kier molecular flexibility index (Phi) is 6.84.